The standard InChI is InChI=1S/C9H6ClNO2/c10-7-1-5-3-8(13)11-9(5)6(2-7)4-12/h1-2,4H,3H2,(H,11,13). The molecule has 3 nitrogen and oxygen atoms in total. The van der Waals surface area contributed by atoms with Crippen molar-refractivity contribution in [1.82, 2.24) is 0 Å². The maximum absolute atomic E-state index is 11.0. The first-order valence-electron chi connectivity index (χ1n) is 3.78. The van der Waals surface area contributed by atoms with Gasteiger partial charge in [-0.3, -0.25) is 9.59 Å². The van der Waals surface area contributed by atoms with E-state index in [9.17, 15) is 9.59 Å². The molecule has 66 valence electrons. The number of amides is 1. The van der Waals surface area contributed by atoms with Crippen molar-refractivity contribution in [3.8, 4) is 0 Å². The summed E-state index contributed by atoms with van der Waals surface area (Å²) in [5.74, 6) is -0.0969. The van der Waals surface area contributed by atoms with Crippen LogP contribution in [0.5, 0.6) is 0 Å². The fourth-order valence-electron chi connectivity index (χ4n) is 1.43. The summed E-state index contributed by atoms with van der Waals surface area (Å²) in [5.41, 5.74) is 1.83. The summed E-state index contributed by atoms with van der Waals surface area (Å²) < 4.78 is 0. The molecule has 4 heteroatoms. The van der Waals surface area contributed by atoms with Gasteiger partial charge in [0.05, 0.1) is 12.1 Å². The van der Waals surface area contributed by atoms with Crippen LogP contribution in [-0.2, 0) is 11.2 Å². The van der Waals surface area contributed by atoms with E-state index >= 15 is 0 Å². The summed E-state index contributed by atoms with van der Waals surface area (Å²) in [6, 6.07) is 3.24. The second-order valence-corrected chi connectivity index (χ2v) is 3.31. The highest BCUT2D eigenvalue weighted by Crippen LogP contribution is 2.29. The summed E-state index contributed by atoms with van der Waals surface area (Å²) in [5, 5.41) is 3.10. The molecule has 1 aromatic carbocycles. The number of hydrogen-bond donors (Lipinski definition) is 1. The fourth-order valence-corrected chi connectivity index (χ4v) is 1.68. The minimum Gasteiger partial charge on any atom is -0.325 e. The molecule has 0 atom stereocenters. The molecule has 1 amide bonds. The smallest absolute Gasteiger partial charge is 0.228 e. The van der Waals surface area contributed by atoms with Gasteiger partial charge in [0.25, 0.3) is 0 Å². The van der Waals surface area contributed by atoms with Crippen LogP contribution in [0.4, 0.5) is 5.69 Å². The zero-order chi connectivity index (χ0) is 9.42. The van der Waals surface area contributed by atoms with E-state index in [4.69, 9.17) is 11.6 Å². The number of halogens is 1. The average molecular weight is 196 g/mol. The number of fused-ring (bicyclic) bond motifs is 1. The number of anilines is 1. The third-order valence-corrected chi connectivity index (χ3v) is 2.18. The lowest BCUT2D eigenvalue weighted by Crippen LogP contribution is -2.04. The summed E-state index contributed by atoms with van der Waals surface area (Å²) >= 11 is 5.76. The highest BCUT2D eigenvalue weighted by Gasteiger charge is 2.20. The molecule has 0 fully saturated rings. The topological polar surface area (TPSA) is 46.2 Å². The molecular formula is C9H6ClNO2. The molecule has 1 aliphatic heterocycles. The predicted molar refractivity (Wildman–Crippen MR) is 49.2 cm³/mol. The normalized spacial score (nSPS) is 13.8. The monoisotopic (exact) mass is 195 g/mol. The summed E-state index contributed by atoms with van der Waals surface area (Å²) in [7, 11) is 0. The number of aldehydes is 1. The first-order chi connectivity index (χ1) is 6.20. The molecule has 2 rings (SSSR count). The van der Waals surface area contributed by atoms with Crippen LogP contribution in [0.25, 0.3) is 0 Å². The van der Waals surface area contributed by atoms with Crippen molar-refractivity contribution in [2.24, 2.45) is 0 Å². The lowest BCUT2D eigenvalue weighted by atomic mass is 10.1. The molecule has 0 saturated heterocycles. The fraction of sp³-hybridized carbons (Fsp3) is 0.111. The number of nitrogens with one attached hydrogen (secondary N) is 1. The predicted octanol–water partition coefficient (Wildman–Crippen LogP) is 1.65. The molecule has 1 heterocycles. The highest BCUT2D eigenvalue weighted by molar-refractivity contribution is 6.31. The Morgan fingerprint density at radius 3 is 2.92 bits per heavy atom. The largest absolute Gasteiger partial charge is 0.325 e. The molecule has 0 unspecified atom stereocenters. The van der Waals surface area contributed by atoms with Gasteiger partial charge >= 0.3 is 0 Å². The SMILES string of the molecule is O=Cc1cc(Cl)cc2c1NC(=O)C2. The average Bonchev–Trinajstić information content (AvgIpc) is 2.43. The van der Waals surface area contributed by atoms with Crippen LogP contribution in [0, 0.1) is 0 Å². The zero-order valence-corrected chi connectivity index (χ0v) is 7.39. The Hall–Kier alpha value is -1.35. The van der Waals surface area contributed by atoms with Crippen molar-refractivity contribution in [2.45, 2.75) is 6.42 Å². The Kier molecular flexibility index (Phi) is 1.81. The van der Waals surface area contributed by atoms with Gasteiger partial charge < -0.3 is 5.32 Å². The Labute approximate surface area is 79.7 Å². The number of carbonyl (C=O) groups is 2. The molecule has 1 N–H and O–H groups in total. The van der Waals surface area contributed by atoms with E-state index < -0.39 is 0 Å². The number of hydrogen-bond acceptors (Lipinski definition) is 2. The van der Waals surface area contributed by atoms with E-state index in [2.05, 4.69) is 5.32 Å². The van der Waals surface area contributed by atoms with E-state index in [-0.39, 0.29) is 5.91 Å². The van der Waals surface area contributed by atoms with Gasteiger partial charge in [-0.05, 0) is 17.7 Å². The number of rotatable bonds is 1. The van der Waals surface area contributed by atoms with E-state index in [0.717, 1.165) is 5.56 Å². The van der Waals surface area contributed by atoms with Crippen molar-refractivity contribution in [3.63, 3.8) is 0 Å². The first kappa shape index (κ1) is 8.26. The molecule has 1 aliphatic rings. The second-order valence-electron chi connectivity index (χ2n) is 2.87. The Morgan fingerprint density at radius 1 is 1.46 bits per heavy atom. The highest BCUT2D eigenvalue weighted by atomic mass is 35.5. The van der Waals surface area contributed by atoms with Crippen LogP contribution < -0.4 is 5.32 Å². The minimum atomic E-state index is -0.0969. The van der Waals surface area contributed by atoms with Gasteiger partial charge in [0, 0.05) is 10.6 Å². The minimum absolute atomic E-state index is 0.0969. The van der Waals surface area contributed by atoms with Crippen LogP contribution in [0.2, 0.25) is 5.02 Å². The van der Waals surface area contributed by atoms with Gasteiger partial charge in [0.1, 0.15) is 0 Å². The third-order valence-electron chi connectivity index (χ3n) is 1.96. The van der Waals surface area contributed by atoms with Crippen LogP contribution in [-0.4, -0.2) is 12.2 Å². The van der Waals surface area contributed by atoms with Crippen molar-refractivity contribution < 1.29 is 9.59 Å². The van der Waals surface area contributed by atoms with E-state index in [1.165, 1.54) is 0 Å². The Morgan fingerprint density at radius 2 is 2.23 bits per heavy atom. The molecule has 0 aliphatic carbocycles. The third kappa shape index (κ3) is 1.31. The maximum Gasteiger partial charge on any atom is 0.228 e. The molecule has 1 aromatic rings. The quantitative estimate of drug-likeness (QED) is 0.693. The van der Waals surface area contributed by atoms with Crippen LogP contribution in [0.1, 0.15) is 15.9 Å². The van der Waals surface area contributed by atoms with E-state index in [1.54, 1.807) is 12.1 Å². The first-order valence-corrected chi connectivity index (χ1v) is 4.16. The number of carbonyl (C=O) groups excluding carboxylic acids is 2. The van der Waals surface area contributed by atoms with Gasteiger partial charge in [-0.2, -0.15) is 0 Å². The van der Waals surface area contributed by atoms with Gasteiger partial charge in [0.2, 0.25) is 5.91 Å². The van der Waals surface area contributed by atoms with Crippen LogP contribution in [0.15, 0.2) is 12.1 Å². The lowest BCUT2D eigenvalue weighted by molar-refractivity contribution is -0.115. The van der Waals surface area contributed by atoms with Crippen LogP contribution in [0.3, 0.4) is 0 Å². The maximum atomic E-state index is 11.0. The second kappa shape index (κ2) is 2.85. The van der Waals surface area contributed by atoms with Crippen molar-refractivity contribution in [2.75, 3.05) is 5.32 Å². The molecule has 13 heavy (non-hydrogen) atoms. The van der Waals surface area contributed by atoms with Crippen molar-refractivity contribution in [1.29, 1.82) is 0 Å². The molecule has 0 saturated carbocycles. The molecule has 0 radical (unpaired) electrons. The number of benzene rings is 1. The van der Waals surface area contributed by atoms with E-state index in [1.807, 2.05) is 0 Å². The Balaban J connectivity index is 2.62. The molecule has 0 bridgehead atoms. The van der Waals surface area contributed by atoms with Gasteiger partial charge in [-0.25, -0.2) is 0 Å². The molecule has 0 aromatic heterocycles. The van der Waals surface area contributed by atoms with Crippen LogP contribution >= 0.6 is 11.6 Å². The van der Waals surface area contributed by atoms with E-state index in [0.29, 0.717) is 29.0 Å². The zero-order valence-electron chi connectivity index (χ0n) is 6.63. The van der Waals surface area contributed by atoms with Gasteiger partial charge in [-0.1, -0.05) is 11.6 Å². The Bertz CT molecular complexity index is 401. The molecule has 0 spiro atoms. The summed E-state index contributed by atoms with van der Waals surface area (Å²) in [4.78, 5) is 21.6. The van der Waals surface area contributed by atoms with Crippen molar-refractivity contribution in [3.05, 3.63) is 28.3 Å². The summed E-state index contributed by atoms with van der Waals surface area (Å²) in [6.07, 6.45) is 0.993. The van der Waals surface area contributed by atoms with Gasteiger partial charge in [-0.15, -0.1) is 0 Å². The lowest BCUT2D eigenvalue weighted by Gasteiger charge is -2.02. The van der Waals surface area contributed by atoms with Crippen molar-refractivity contribution >= 4 is 29.5 Å². The molecular weight excluding hydrogens is 190 g/mol. The summed E-state index contributed by atoms with van der Waals surface area (Å²) in [6.45, 7) is 0. The van der Waals surface area contributed by atoms with Gasteiger partial charge in [0.15, 0.2) is 6.29 Å².